The summed E-state index contributed by atoms with van der Waals surface area (Å²) in [5.74, 6) is -0.922. The van der Waals surface area contributed by atoms with Crippen LogP contribution in [0.2, 0.25) is 0 Å². The molecule has 0 saturated heterocycles. The maximum atomic E-state index is 11.5. The van der Waals surface area contributed by atoms with Gasteiger partial charge in [0.05, 0.1) is 20.6 Å². The smallest absolute Gasteiger partial charge is 0.331 e. The van der Waals surface area contributed by atoms with E-state index in [9.17, 15) is 9.59 Å². The van der Waals surface area contributed by atoms with Crippen molar-refractivity contribution in [1.29, 1.82) is 0 Å². The second-order valence-electron chi connectivity index (χ2n) is 4.08. The van der Waals surface area contributed by atoms with E-state index < -0.39 is 18.0 Å². The van der Waals surface area contributed by atoms with Crippen LogP contribution in [0.5, 0.6) is 0 Å². The zero-order chi connectivity index (χ0) is 12.7. The van der Waals surface area contributed by atoms with Gasteiger partial charge < -0.3 is 9.47 Å². The molecule has 1 atom stereocenters. The number of hydrogen-bond acceptors (Lipinski definition) is 5. The summed E-state index contributed by atoms with van der Waals surface area (Å²) in [4.78, 5) is 27.0. The summed E-state index contributed by atoms with van der Waals surface area (Å²) in [6, 6.07) is -0.749. The first-order chi connectivity index (χ1) is 8.17. The highest BCUT2D eigenvalue weighted by atomic mass is 16.5. The molecule has 5 nitrogen and oxygen atoms in total. The molecule has 1 fully saturated rings. The highest BCUT2D eigenvalue weighted by Gasteiger charge is 2.23. The number of carbonyl (C=O) groups excluding carboxylic acids is 2. The molecular weight excluding hydrogens is 222 g/mol. The quantitative estimate of drug-likeness (QED) is 0.699. The molecule has 0 aliphatic heterocycles. The van der Waals surface area contributed by atoms with Gasteiger partial charge in [-0.3, -0.25) is 9.79 Å². The van der Waals surface area contributed by atoms with Gasteiger partial charge in [-0.05, 0) is 25.7 Å². The molecule has 0 amide bonds. The zero-order valence-electron chi connectivity index (χ0n) is 10.4. The van der Waals surface area contributed by atoms with Crippen LogP contribution in [0.4, 0.5) is 0 Å². The summed E-state index contributed by atoms with van der Waals surface area (Å²) in [5.41, 5.74) is 1.01. The molecule has 0 spiro atoms. The molecule has 0 aromatic rings. The highest BCUT2D eigenvalue weighted by Crippen LogP contribution is 2.16. The molecule has 0 radical (unpaired) electrons. The van der Waals surface area contributed by atoms with Crippen LogP contribution in [-0.2, 0) is 19.1 Å². The third-order valence-electron chi connectivity index (χ3n) is 2.83. The van der Waals surface area contributed by atoms with Gasteiger partial charge in [-0.2, -0.15) is 0 Å². The van der Waals surface area contributed by atoms with Gasteiger partial charge in [-0.25, -0.2) is 4.79 Å². The lowest BCUT2D eigenvalue weighted by atomic mass is 9.98. The Morgan fingerprint density at radius 3 is 2.35 bits per heavy atom. The normalized spacial score (nSPS) is 17.2. The molecule has 0 aromatic heterocycles. The maximum Gasteiger partial charge on any atom is 0.331 e. The molecule has 0 aromatic carbocycles. The van der Waals surface area contributed by atoms with Crippen LogP contribution in [0.15, 0.2) is 4.99 Å². The number of rotatable bonds is 4. The van der Waals surface area contributed by atoms with Gasteiger partial charge in [-0.1, -0.05) is 6.42 Å². The van der Waals surface area contributed by atoms with Crippen LogP contribution in [0, 0.1) is 0 Å². The number of esters is 2. The lowest BCUT2D eigenvalue weighted by Gasteiger charge is -2.16. The lowest BCUT2D eigenvalue weighted by Crippen LogP contribution is -2.26. The van der Waals surface area contributed by atoms with Gasteiger partial charge in [0, 0.05) is 5.71 Å². The first-order valence-corrected chi connectivity index (χ1v) is 5.87. The topological polar surface area (TPSA) is 65.0 Å². The third kappa shape index (κ3) is 4.54. The zero-order valence-corrected chi connectivity index (χ0v) is 10.4. The summed E-state index contributed by atoms with van der Waals surface area (Å²) in [6.45, 7) is 0. The molecule has 1 aliphatic rings. The monoisotopic (exact) mass is 241 g/mol. The van der Waals surface area contributed by atoms with Gasteiger partial charge in [-0.15, -0.1) is 0 Å². The fourth-order valence-electron chi connectivity index (χ4n) is 1.87. The number of aliphatic imine (C=N–C) groups is 1. The molecule has 96 valence electrons. The minimum Gasteiger partial charge on any atom is -0.469 e. The minimum atomic E-state index is -0.749. The second kappa shape index (κ2) is 7.04. The molecule has 0 bridgehead atoms. The first kappa shape index (κ1) is 13.7. The van der Waals surface area contributed by atoms with Crippen LogP contribution in [-0.4, -0.2) is 37.9 Å². The standard InChI is InChI=1S/C12H19NO4/c1-16-11(14)8-10(12(15)17-2)13-9-6-4-3-5-7-9/h10H,3-8H2,1-2H3. The summed E-state index contributed by atoms with van der Waals surface area (Å²) >= 11 is 0. The van der Waals surface area contributed by atoms with Crippen molar-refractivity contribution in [2.24, 2.45) is 4.99 Å². The van der Waals surface area contributed by atoms with Crippen molar-refractivity contribution in [2.45, 2.75) is 44.6 Å². The molecule has 1 rings (SSSR count). The average Bonchev–Trinajstić information content (AvgIpc) is 2.38. The third-order valence-corrected chi connectivity index (χ3v) is 2.83. The van der Waals surface area contributed by atoms with E-state index in [-0.39, 0.29) is 6.42 Å². The Balaban J connectivity index is 2.68. The average molecular weight is 241 g/mol. The van der Waals surface area contributed by atoms with Gasteiger partial charge in [0.1, 0.15) is 0 Å². The van der Waals surface area contributed by atoms with Crippen LogP contribution in [0.1, 0.15) is 38.5 Å². The molecule has 0 N–H and O–H groups in total. The number of carbonyl (C=O) groups is 2. The van der Waals surface area contributed by atoms with E-state index in [1.54, 1.807) is 0 Å². The van der Waals surface area contributed by atoms with E-state index >= 15 is 0 Å². The molecule has 1 unspecified atom stereocenters. The number of methoxy groups -OCH3 is 2. The predicted octanol–water partition coefficient (Wildman–Crippen LogP) is 1.50. The lowest BCUT2D eigenvalue weighted by molar-refractivity contribution is -0.148. The van der Waals surface area contributed by atoms with Crippen molar-refractivity contribution in [1.82, 2.24) is 0 Å². The predicted molar refractivity (Wildman–Crippen MR) is 63.0 cm³/mol. The van der Waals surface area contributed by atoms with E-state index in [0.717, 1.165) is 31.4 Å². The molecule has 1 saturated carbocycles. The van der Waals surface area contributed by atoms with Crippen LogP contribution in [0.25, 0.3) is 0 Å². The molecule has 1 aliphatic carbocycles. The summed E-state index contributed by atoms with van der Waals surface area (Å²) in [7, 11) is 2.60. The fourth-order valence-corrected chi connectivity index (χ4v) is 1.87. The highest BCUT2D eigenvalue weighted by molar-refractivity contribution is 5.90. The number of ether oxygens (including phenoxy) is 2. The minimum absolute atomic E-state index is 0.0489. The Morgan fingerprint density at radius 2 is 1.82 bits per heavy atom. The van der Waals surface area contributed by atoms with Gasteiger partial charge in [0.2, 0.25) is 0 Å². The van der Waals surface area contributed by atoms with Crippen LogP contribution in [0.3, 0.4) is 0 Å². The number of nitrogens with zero attached hydrogens (tertiary/aromatic N) is 1. The van der Waals surface area contributed by atoms with Gasteiger partial charge >= 0.3 is 11.9 Å². The SMILES string of the molecule is COC(=O)CC(N=C1CCCCC1)C(=O)OC. The van der Waals surface area contributed by atoms with Gasteiger partial charge in [0.25, 0.3) is 0 Å². The summed E-state index contributed by atoms with van der Waals surface area (Å²) in [5, 5.41) is 0. The van der Waals surface area contributed by atoms with Crippen molar-refractivity contribution in [3.8, 4) is 0 Å². The Hall–Kier alpha value is -1.39. The number of hydrogen-bond donors (Lipinski definition) is 0. The molecule has 17 heavy (non-hydrogen) atoms. The van der Waals surface area contributed by atoms with Gasteiger partial charge in [0.15, 0.2) is 6.04 Å². The molecule has 5 heteroatoms. The van der Waals surface area contributed by atoms with Crippen LogP contribution < -0.4 is 0 Å². The van der Waals surface area contributed by atoms with E-state index in [0.29, 0.717) is 0 Å². The summed E-state index contributed by atoms with van der Waals surface area (Å²) in [6.07, 6.45) is 5.19. The van der Waals surface area contributed by atoms with Crippen molar-refractivity contribution in [3.63, 3.8) is 0 Å². The fraction of sp³-hybridized carbons (Fsp3) is 0.750. The van der Waals surface area contributed by atoms with E-state index in [2.05, 4.69) is 14.5 Å². The summed E-state index contributed by atoms with van der Waals surface area (Å²) < 4.78 is 9.19. The molecular formula is C12H19NO4. The Labute approximate surface area is 101 Å². The van der Waals surface area contributed by atoms with E-state index in [1.807, 2.05) is 0 Å². The van der Waals surface area contributed by atoms with Crippen molar-refractivity contribution < 1.29 is 19.1 Å². The first-order valence-electron chi connectivity index (χ1n) is 5.87. The maximum absolute atomic E-state index is 11.5. The Bertz CT molecular complexity index is 304. The largest absolute Gasteiger partial charge is 0.469 e. The molecule has 0 heterocycles. The Morgan fingerprint density at radius 1 is 1.18 bits per heavy atom. The van der Waals surface area contributed by atoms with E-state index in [1.165, 1.54) is 20.6 Å². The van der Waals surface area contributed by atoms with E-state index in [4.69, 9.17) is 0 Å². The van der Waals surface area contributed by atoms with Crippen LogP contribution >= 0.6 is 0 Å². The Kier molecular flexibility index (Phi) is 5.66. The van der Waals surface area contributed by atoms with Crippen molar-refractivity contribution in [3.05, 3.63) is 0 Å². The van der Waals surface area contributed by atoms with Crippen molar-refractivity contribution in [2.75, 3.05) is 14.2 Å². The second-order valence-corrected chi connectivity index (χ2v) is 4.08. The van der Waals surface area contributed by atoms with Crippen molar-refractivity contribution >= 4 is 17.7 Å².